The second-order valence-corrected chi connectivity index (χ2v) is 6.93. The van der Waals surface area contributed by atoms with Crippen molar-refractivity contribution in [3.8, 4) is 5.75 Å². The normalized spacial score (nSPS) is 18.7. The first kappa shape index (κ1) is 19.6. The van der Waals surface area contributed by atoms with E-state index in [-0.39, 0.29) is 11.3 Å². The van der Waals surface area contributed by atoms with Crippen molar-refractivity contribution in [3.05, 3.63) is 71.3 Å². The third-order valence-corrected chi connectivity index (χ3v) is 4.81. The number of carbonyl (C=O) groups is 2. The van der Waals surface area contributed by atoms with Crippen LogP contribution in [0.1, 0.15) is 17.2 Å². The van der Waals surface area contributed by atoms with Gasteiger partial charge in [0.1, 0.15) is 11.5 Å². The fraction of sp³-hybridized carbons (Fsp3) is 0.273. The molecule has 0 aromatic heterocycles. The lowest BCUT2D eigenvalue weighted by atomic mass is 9.95. The number of Topliss-reactive ketones (excluding diaryl/α,β-unsaturated/α-hetero) is 1. The maximum Gasteiger partial charge on any atom is 0.295 e. The summed E-state index contributed by atoms with van der Waals surface area (Å²) in [5.74, 6) is -0.745. The fourth-order valence-electron chi connectivity index (χ4n) is 3.30. The van der Waals surface area contributed by atoms with Crippen LogP contribution in [0.5, 0.6) is 5.75 Å². The van der Waals surface area contributed by atoms with Crippen LogP contribution in [0, 0.1) is 0 Å². The van der Waals surface area contributed by atoms with Gasteiger partial charge in [-0.15, -0.1) is 0 Å². The summed E-state index contributed by atoms with van der Waals surface area (Å²) in [6.45, 7) is 0.977. The van der Waals surface area contributed by atoms with E-state index < -0.39 is 17.7 Å². The molecule has 1 amide bonds. The van der Waals surface area contributed by atoms with Gasteiger partial charge < -0.3 is 19.6 Å². The van der Waals surface area contributed by atoms with Crippen LogP contribution >= 0.6 is 0 Å². The van der Waals surface area contributed by atoms with E-state index in [1.54, 1.807) is 43.5 Å². The Hall–Kier alpha value is -3.12. The molecule has 1 fully saturated rings. The summed E-state index contributed by atoms with van der Waals surface area (Å²) in [5, 5.41) is 10.9. The molecule has 0 bridgehead atoms. The Balaban J connectivity index is 2.12. The first-order valence-corrected chi connectivity index (χ1v) is 9.06. The van der Waals surface area contributed by atoms with Crippen LogP contribution in [-0.2, 0) is 9.59 Å². The standard InChI is InChI=1S/C22H24N2O4/c1-23(2)13-14-24-19(15-9-11-17(28-3)12-10-15)18(21(26)22(24)27)20(25)16-7-5-4-6-8-16/h4-12,19,25H,13-14H2,1-3H3/b20-18-. The molecule has 1 unspecified atom stereocenters. The van der Waals surface area contributed by atoms with Crippen molar-refractivity contribution in [3.63, 3.8) is 0 Å². The predicted molar refractivity (Wildman–Crippen MR) is 107 cm³/mol. The topological polar surface area (TPSA) is 70.1 Å². The van der Waals surface area contributed by atoms with Gasteiger partial charge in [0.15, 0.2) is 0 Å². The molecule has 6 heteroatoms. The second-order valence-electron chi connectivity index (χ2n) is 6.93. The van der Waals surface area contributed by atoms with Crippen LogP contribution in [-0.4, -0.2) is 60.9 Å². The number of hydrogen-bond acceptors (Lipinski definition) is 5. The summed E-state index contributed by atoms with van der Waals surface area (Å²) < 4.78 is 5.21. The summed E-state index contributed by atoms with van der Waals surface area (Å²) in [4.78, 5) is 29.1. The van der Waals surface area contributed by atoms with Crippen molar-refractivity contribution in [2.75, 3.05) is 34.3 Å². The number of likely N-dealkylation sites (tertiary alicyclic amines) is 1. The van der Waals surface area contributed by atoms with Gasteiger partial charge >= 0.3 is 0 Å². The van der Waals surface area contributed by atoms with Gasteiger partial charge in [-0.3, -0.25) is 9.59 Å². The number of hydrogen-bond donors (Lipinski definition) is 1. The molecule has 1 atom stereocenters. The van der Waals surface area contributed by atoms with Gasteiger partial charge in [0, 0.05) is 18.7 Å². The molecule has 28 heavy (non-hydrogen) atoms. The van der Waals surface area contributed by atoms with Gasteiger partial charge in [-0.2, -0.15) is 0 Å². The van der Waals surface area contributed by atoms with E-state index >= 15 is 0 Å². The number of benzene rings is 2. The largest absolute Gasteiger partial charge is 0.507 e. The maximum atomic E-state index is 12.8. The minimum atomic E-state index is -0.666. The third-order valence-electron chi connectivity index (χ3n) is 4.81. The molecule has 0 spiro atoms. The number of rotatable bonds is 6. The van der Waals surface area contributed by atoms with Crippen molar-refractivity contribution < 1.29 is 19.4 Å². The highest BCUT2D eigenvalue weighted by atomic mass is 16.5. The molecule has 0 saturated carbocycles. The zero-order valence-electron chi connectivity index (χ0n) is 16.3. The van der Waals surface area contributed by atoms with Crippen LogP contribution in [0.15, 0.2) is 60.2 Å². The summed E-state index contributed by atoms with van der Waals surface area (Å²) in [5.41, 5.74) is 1.36. The number of nitrogens with zero attached hydrogens (tertiary/aromatic N) is 2. The summed E-state index contributed by atoms with van der Waals surface area (Å²) >= 11 is 0. The Morgan fingerprint density at radius 3 is 2.29 bits per heavy atom. The van der Waals surface area contributed by atoms with Crippen LogP contribution in [0.4, 0.5) is 0 Å². The molecule has 0 radical (unpaired) electrons. The first-order chi connectivity index (χ1) is 13.4. The molecule has 2 aromatic rings. The molecule has 0 aliphatic carbocycles. The summed E-state index contributed by atoms with van der Waals surface area (Å²) in [6.07, 6.45) is 0. The van der Waals surface area contributed by atoms with E-state index in [1.165, 1.54) is 4.90 Å². The average molecular weight is 380 g/mol. The lowest BCUT2D eigenvalue weighted by Gasteiger charge is -2.26. The van der Waals surface area contributed by atoms with Gasteiger partial charge in [-0.1, -0.05) is 42.5 Å². The molecule has 1 heterocycles. The minimum absolute atomic E-state index is 0.111. The van der Waals surface area contributed by atoms with Crippen LogP contribution in [0.3, 0.4) is 0 Å². The number of methoxy groups -OCH3 is 1. The second kappa shape index (κ2) is 8.27. The van der Waals surface area contributed by atoms with Gasteiger partial charge in [0.05, 0.1) is 18.7 Å². The minimum Gasteiger partial charge on any atom is -0.507 e. The molecule has 1 aliphatic rings. The number of amides is 1. The Bertz CT molecular complexity index is 889. The Labute approximate surface area is 164 Å². The lowest BCUT2D eigenvalue weighted by Crippen LogP contribution is -2.35. The Kier molecular flexibility index (Phi) is 5.80. The molecule has 3 rings (SSSR count). The molecule has 1 aliphatic heterocycles. The van der Waals surface area contributed by atoms with Gasteiger partial charge in [-0.05, 0) is 31.8 Å². The Morgan fingerprint density at radius 2 is 1.71 bits per heavy atom. The lowest BCUT2D eigenvalue weighted by molar-refractivity contribution is -0.140. The molecule has 1 N–H and O–H groups in total. The maximum absolute atomic E-state index is 12.8. The number of aliphatic hydroxyl groups excluding tert-OH is 1. The Morgan fingerprint density at radius 1 is 1.07 bits per heavy atom. The fourth-order valence-corrected chi connectivity index (χ4v) is 3.30. The number of aliphatic hydroxyl groups is 1. The molecule has 2 aromatic carbocycles. The van der Waals surface area contributed by atoms with Crippen LogP contribution < -0.4 is 4.74 Å². The van der Waals surface area contributed by atoms with Gasteiger partial charge in [0.25, 0.3) is 11.7 Å². The predicted octanol–water partition coefficient (Wildman–Crippen LogP) is 2.68. The first-order valence-electron chi connectivity index (χ1n) is 9.06. The van der Waals surface area contributed by atoms with Gasteiger partial charge in [0.2, 0.25) is 0 Å². The summed E-state index contributed by atoms with van der Waals surface area (Å²) in [6, 6.07) is 15.4. The zero-order chi connectivity index (χ0) is 20.3. The summed E-state index contributed by atoms with van der Waals surface area (Å²) in [7, 11) is 5.39. The molecular formula is C22H24N2O4. The van der Waals surface area contributed by atoms with Crippen molar-refractivity contribution in [2.24, 2.45) is 0 Å². The monoisotopic (exact) mass is 380 g/mol. The van der Waals surface area contributed by atoms with Crippen molar-refractivity contribution in [1.29, 1.82) is 0 Å². The van der Waals surface area contributed by atoms with Crippen molar-refractivity contribution in [1.82, 2.24) is 9.80 Å². The highest BCUT2D eigenvalue weighted by Gasteiger charge is 2.45. The third kappa shape index (κ3) is 3.77. The van der Waals surface area contributed by atoms with Crippen molar-refractivity contribution >= 4 is 17.4 Å². The average Bonchev–Trinajstić information content (AvgIpc) is 2.97. The molecule has 6 nitrogen and oxygen atoms in total. The van der Waals surface area contributed by atoms with E-state index in [0.29, 0.717) is 24.4 Å². The highest BCUT2D eigenvalue weighted by Crippen LogP contribution is 2.39. The zero-order valence-corrected chi connectivity index (χ0v) is 16.3. The van der Waals surface area contributed by atoms with E-state index in [2.05, 4.69) is 0 Å². The molecule has 1 saturated heterocycles. The van der Waals surface area contributed by atoms with E-state index in [9.17, 15) is 14.7 Å². The van der Waals surface area contributed by atoms with E-state index in [1.807, 2.05) is 37.2 Å². The van der Waals surface area contributed by atoms with E-state index in [0.717, 1.165) is 5.56 Å². The van der Waals surface area contributed by atoms with Crippen molar-refractivity contribution in [2.45, 2.75) is 6.04 Å². The molecular weight excluding hydrogens is 356 g/mol. The quantitative estimate of drug-likeness (QED) is 0.474. The number of ketones is 1. The highest BCUT2D eigenvalue weighted by molar-refractivity contribution is 6.46. The van der Waals surface area contributed by atoms with Crippen LogP contribution in [0.2, 0.25) is 0 Å². The molecule has 146 valence electrons. The van der Waals surface area contributed by atoms with Gasteiger partial charge in [-0.25, -0.2) is 0 Å². The number of ether oxygens (including phenoxy) is 1. The van der Waals surface area contributed by atoms with Crippen LogP contribution in [0.25, 0.3) is 5.76 Å². The SMILES string of the molecule is COc1ccc(C2/C(=C(/O)c3ccccc3)C(=O)C(=O)N2CCN(C)C)cc1. The number of carbonyl (C=O) groups excluding carboxylic acids is 2. The smallest absolute Gasteiger partial charge is 0.295 e. The van der Waals surface area contributed by atoms with E-state index in [4.69, 9.17) is 4.74 Å². The number of likely N-dealkylation sites (N-methyl/N-ethyl adjacent to an activating group) is 1.